The number of likely N-dealkylation sites (N-methyl/N-ethyl adjacent to an activating group) is 1. The molecule has 2 heterocycles. The van der Waals surface area contributed by atoms with E-state index in [2.05, 4.69) is 9.72 Å². The maximum Gasteiger partial charge on any atom is 0.387 e. The summed E-state index contributed by atoms with van der Waals surface area (Å²) < 4.78 is 41.7. The number of amides is 2. The average molecular weight is 464 g/mol. The summed E-state index contributed by atoms with van der Waals surface area (Å²) in [6.07, 6.45) is 2.06. The second-order valence-electron chi connectivity index (χ2n) is 8.36. The minimum Gasteiger partial charge on any atom is -0.489 e. The zero-order valence-electron chi connectivity index (χ0n) is 18.4. The van der Waals surface area contributed by atoms with Crippen LogP contribution >= 0.6 is 0 Å². The molecule has 0 unspecified atom stereocenters. The van der Waals surface area contributed by atoms with Gasteiger partial charge in [0.2, 0.25) is 11.8 Å². The van der Waals surface area contributed by atoms with E-state index in [1.165, 1.54) is 23.1 Å². The molecule has 1 atom stereocenters. The molecule has 0 bridgehead atoms. The zero-order chi connectivity index (χ0) is 23.7. The van der Waals surface area contributed by atoms with Gasteiger partial charge >= 0.3 is 6.61 Å². The van der Waals surface area contributed by atoms with Gasteiger partial charge in [0.05, 0.1) is 12.6 Å². The lowest BCUT2D eigenvalue weighted by atomic mass is 10.2. The van der Waals surface area contributed by atoms with Crippen LogP contribution in [0.15, 0.2) is 22.6 Å². The van der Waals surface area contributed by atoms with Crippen LogP contribution in [0.1, 0.15) is 42.1 Å². The molecule has 1 aliphatic heterocycles. The lowest BCUT2D eigenvalue weighted by molar-refractivity contribution is -0.133. The molecule has 0 radical (unpaired) electrons. The Kier molecular flexibility index (Phi) is 6.50. The summed E-state index contributed by atoms with van der Waals surface area (Å²) >= 11 is 0. The Morgan fingerprint density at radius 3 is 2.70 bits per heavy atom. The smallest absolute Gasteiger partial charge is 0.387 e. The van der Waals surface area contributed by atoms with Crippen molar-refractivity contribution in [3.8, 4) is 23.0 Å². The van der Waals surface area contributed by atoms with Crippen LogP contribution in [0.5, 0.6) is 11.5 Å². The Balaban J connectivity index is 1.63. The molecule has 1 aromatic heterocycles. The number of carbonyl (C=O) groups is 2. The van der Waals surface area contributed by atoms with Crippen molar-refractivity contribution in [2.24, 2.45) is 11.7 Å². The topological polar surface area (TPSA) is 111 Å². The third kappa shape index (κ3) is 5.24. The molecule has 11 heteroatoms. The van der Waals surface area contributed by atoms with E-state index in [1.54, 1.807) is 18.9 Å². The average Bonchev–Trinajstić information content (AvgIpc) is 3.49. The van der Waals surface area contributed by atoms with Crippen LogP contribution < -0.4 is 15.2 Å². The molecule has 2 aromatic rings. The summed E-state index contributed by atoms with van der Waals surface area (Å²) in [6.45, 7) is -0.243. The molecule has 1 aromatic carbocycles. The largest absolute Gasteiger partial charge is 0.489 e. The molecule has 33 heavy (non-hydrogen) atoms. The van der Waals surface area contributed by atoms with Gasteiger partial charge in [-0.2, -0.15) is 8.78 Å². The Morgan fingerprint density at radius 1 is 1.30 bits per heavy atom. The molecule has 1 saturated carbocycles. The maximum atomic E-state index is 13.1. The Hall–Kier alpha value is -3.21. The maximum absolute atomic E-state index is 13.1. The van der Waals surface area contributed by atoms with E-state index in [9.17, 15) is 18.4 Å². The molecule has 2 amide bonds. The summed E-state index contributed by atoms with van der Waals surface area (Å²) in [6, 6.07) is 3.69. The van der Waals surface area contributed by atoms with Gasteiger partial charge in [-0.1, -0.05) is 0 Å². The number of hydrogen-bond donors (Lipinski definition) is 1. The SMILES string of the molecule is C[C@H](N)c1oc(-c2ccc(OC(F)F)c(OCC3CC3)c2)nc1C(=O)N1CCN(C)C(=O)C1. The van der Waals surface area contributed by atoms with Crippen LogP contribution in [0.4, 0.5) is 8.78 Å². The van der Waals surface area contributed by atoms with Crippen LogP contribution in [-0.2, 0) is 4.79 Å². The number of piperazine rings is 1. The van der Waals surface area contributed by atoms with Gasteiger partial charge in [-0.05, 0) is 43.9 Å². The fraction of sp³-hybridized carbons (Fsp3) is 0.500. The second kappa shape index (κ2) is 9.34. The minimum atomic E-state index is -3.00. The van der Waals surface area contributed by atoms with Gasteiger partial charge in [0.1, 0.15) is 6.54 Å². The van der Waals surface area contributed by atoms with E-state index in [1.807, 2.05) is 0 Å². The van der Waals surface area contributed by atoms with Gasteiger partial charge in [-0.15, -0.1) is 0 Å². The molecule has 2 N–H and O–H groups in total. The Morgan fingerprint density at radius 2 is 2.06 bits per heavy atom. The first-order chi connectivity index (χ1) is 15.7. The fourth-order valence-electron chi connectivity index (χ4n) is 3.44. The van der Waals surface area contributed by atoms with Crippen molar-refractivity contribution in [3.63, 3.8) is 0 Å². The van der Waals surface area contributed by atoms with Gasteiger partial charge in [-0.25, -0.2) is 4.98 Å². The zero-order valence-corrected chi connectivity index (χ0v) is 18.4. The number of hydrogen-bond acceptors (Lipinski definition) is 7. The van der Waals surface area contributed by atoms with Crippen molar-refractivity contribution in [1.82, 2.24) is 14.8 Å². The molecule has 2 fully saturated rings. The summed E-state index contributed by atoms with van der Waals surface area (Å²) in [5.41, 5.74) is 6.45. The number of rotatable bonds is 8. The molecule has 2 aliphatic rings. The monoisotopic (exact) mass is 464 g/mol. The van der Waals surface area contributed by atoms with E-state index in [-0.39, 0.29) is 41.3 Å². The number of alkyl halides is 2. The van der Waals surface area contributed by atoms with E-state index < -0.39 is 18.6 Å². The quantitative estimate of drug-likeness (QED) is 0.639. The highest BCUT2D eigenvalue weighted by Gasteiger charge is 2.31. The van der Waals surface area contributed by atoms with Crippen LogP contribution in [0.2, 0.25) is 0 Å². The number of benzene rings is 1. The second-order valence-corrected chi connectivity index (χ2v) is 8.36. The lowest BCUT2D eigenvalue weighted by Gasteiger charge is -2.31. The van der Waals surface area contributed by atoms with E-state index >= 15 is 0 Å². The van der Waals surface area contributed by atoms with Crippen LogP contribution in [0.3, 0.4) is 0 Å². The standard InChI is InChI=1S/C22H26F2N4O5/c1-12(25)19-18(21(30)28-8-7-27(2)17(29)10-28)26-20(33-19)14-5-6-15(32-22(23)24)16(9-14)31-11-13-3-4-13/h5-6,9,12-13,22H,3-4,7-8,10-11,25H2,1-2H3/t12-/m0/s1. The van der Waals surface area contributed by atoms with Crippen molar-refractivity contribution < 1.29 is 32.3 Å². The number of carbonyl (C=O) groups excluding carboxylic acids is 2. The van der Waals surface area contributed by atoms with Gasteiger partial charge in [0.25, 0.3) is 5.91 Å². The minimum absolute atomic E-state index is 0.0192. The Bertz CT molecular complexity index is 1040. The molecule has 9 nitrogen and oxygen atoms in total. The van der Waals surface area contributed by atoms with E-state index in [0.717, 1.165) is 12.8 Å². The van der Waals surface area contributed by atoms with Gasteiger partial charge in [-0.3, -0.25) is 9.59 Å². The van der Waals surface area contributed by atoms with Crippen molar-refractivity contribution in [3.05, 3.63) is 29.7 Å². The van der Waals surface area contributed by atoms with Crippen molar-refractivity contribution >= 4 is 11.8 Å². The van der Waals surface area contributed by atoms with Crippen LogP contribution in [0, 0.1) is 5.92 Å². The number of halogens is 2. The third-order valence-corrected chi connectivity index (χ3v) is 5.59. The highest BCUT2D eigenvalue weighted by molar-refractivity contribution is 5.96. The summed E-state index contributed by atoms with van der Waals surface area (Å²) in [5.74, 6) is 0.0727. The first-order valence-corrected chi connectivity index (χ1v) is 10.7. The highest BCUT2D eigenvalue weighted by atomic mass is 19.3. The Labute approximate surface area is 189 Å². The summed E-state index contributed by atoms with van der Waals surface area (Å²) in [7, 11) is 1.68. The normalized spacial score (nSPS) is 17.5. The third-order valence-electron chi connectivity index (χ3n) is 5.59. The lowest BCUT2D eigenvalue weighted by Crippen LogP contribution is -2.50. The van der Waals surface area contributed by atoms with E-state index in [0.29, 0.717) is 31.2 Å². The predicted molar refractivity (Wildman–Crippen MR) is 113 cm³/mol. The molecule has 1 saturated heterocycles. The van der Waals surface area contributed by atoms with Crippen LogP contribution in [0.25, 0.3) is 11.5 Å². The molecular formula is C22H26F2N4O5. The molecular weight excluding hydrogens is 438 g/mol. The molecule has 1 aliphatic carbocycles. The first-order valence-electron chi connectivity index (χ1n) is 10.7. The summed E-state index contributed by atoms with van der Waals surface area (Å²) in [4.78, 5) is 32.4. The molecule has 178 valence electrons. The molecule has 4 rings (SSSR count). The fourth-order valence-corrected chi connectivity index (χ4v) is 3.44. The molecule has 0 spiro atoms. The van der Waals surface area contributed by atoms with Crippen molar-refractivity contribution in [2.45, 2.75) is 32.4 Å². The van der Waals surface area contributed by atoms with E-state index in [4.69, 9.17) is 14.9 Å². The van der Waals surface area contributed by atoms with Crippen molar-refractivity contribution in [1.29, 1.82) is 0 Å². The predicted octanol–water partition coefficient (Wildman–Crippen LogP) is 2.67. The van der Waals surface area contributed by atoms with Gasteiger partial charge in [0.15, 0.2) is 23.0 Å². The van der Waals surface area contributed by atoms with Gasteiger partial charge < -0.3 is 29.4 Å². The number of nitrogens with two attached hydrogens (primary N) is 1. The van der Waals surface area contributed by atoms with Gasteiger partial charge in [0, 0.05) is 25.7 Å². The number of nitrogens with zero attached hydrogens (tertiary/aromatic N) is 3. The number of aromatic nitrogens is 1. The highest BCUT2D eigenvalue weighted by Crippen LogP contribution is 2.37. The van der Waals surface area contributed by atoms with Crippen LogP contribution in [-0.4, -0.2) is 66.5 Å². The summed E-state index contributed by atoms with van der Waals surface area (Å²) in [5, 5.41) is 0. The number of oxazole rings is 1. The number of ether oxygens (including phenoxy) is 2. The first kappa shape index (κ1) is 23.0. The van der Waals surface area contributed by atoms with Crippen molar-refractivity contribution in [2.75, 3.05) is 33.3 Å².